The second kappa shape index (κ2) is 4.85. The van der Waals surface area contributed by atoms with E-state index in [0.717, 1.165) is 23.7 Å². The van der Waals surface area contributed by atoms with Gasteiger partial charge in [0, 0.05) is 17.8 Å². The molecule has 0 saturated heterocycles. The van der Waals surface area contributed by atoms with Crippen molar-refractivity contribution in [2.24, 2.45) is 23.7 Å². The molecule has 4 unspecified atom stereocenters. The first-order chi connectivity index (χ1) is 10.3. The molecule has 1 aromatic heterocycles. The Morgan fingerprint density at radius 1 is 1.33 bits per heavy atom. The van der Waals surface area contributed by atoms with E-state index in [9.17, 15) is 4.79 Å². The zero-order valence-electron chi connectivity index (χ0n) is 11.7. The van der Waals surface area contributed by atoms with Crippen molar-refractivity contribution < 1.29 is 9.90 Å². The summed E-state index contributed by atoms with van der Waals surface area (Å²) in [6, 6.07) is 3.85. The maximum atomic E-state index is 12.2. The van der Waals surface area contributed by atoms with Gasteiger partial charge in [-0.2, -0.15) is 0 Å². The Morgan fingerprint density at radius 2 is 2.10 bits per heavy atom. The van der Waals surface area contributed by atoms with Gasteiger partial charge in [-0.15, -0.1) is 0 Å². The summed E-state index contributed by atoms with van der Waals surface area (Å²) in [6.07, 6.45) is 5.68. The molecule has 4 rings (SSSR count). The van der Waals surface area contributed by atoms with Crippen molar-refractivity contribution in [3.8, 4) is 11.8 Å². The molecule has 3 saturated carbocycles. The zero-order valence-corrected chi connectivity index (χ0v) is 11.7. The van der Waals surface area contributed by atoms with Gasteiger partial charge in [0.15, 0.2) is 0 Å². The Kier molecular flexibility index (Phi) is 2.97. The molecule has 1 amide bonds. The first-order valence-electron chi connectivity index (χ1n) is 7.64. The van der Waals surface area contributed by atoms with Crippen LogP contribution >= 0.6 is 0 Å². The van der Waals surface area contributed by atoms with Crippen LogP contribution in [0.25, 0.3) is 0 Å². The first-order valence-corrected chi connectivity index (χ1v) is 7.64. The van der Waals surface area contributed by atoms with Crippen molar-refractivity contribution in [3.05, 3.63) is 29.6 Å². The highest BCUT2D eigenvalue weighted by molar-refractivity contribution is 5.92. The van der Waals surface area contributed by atoms with Gasteiger partial charge >= 0.3 is 0 Å². The fraction of sp³-hybridized carbons (Fsp3) is 0.529. The van der Waals surface area contributed by atoms with Crippen LogP contribution in [-0.4, -0.2) is 28.6 Å². The van der Waals surface area contributed by atoms with Crippen molar-refractivity contribution in [2.45, 2.75) is 25.3 Å². The van der Waals surface area contributed by atoms with E-state index in [4.69, 9.17) is 5.11 Å². The molecule has 21 heavy (non-hydrogen) atoms. The number of hydrogen-bond acceptors (Lipinski definition) is 3. The van der Waals surface area contributed by atoms with Crippen LogP contribution in [0.1, 0.15) is 35.3 Å². The Labute approximate surface area is 124 Å². The standard InChI is InChI=1S/C17H18N2O2/c20-7-1-2-10-3-6-13(18-9-10)17(21)19-16-14-11-4-5-12(8-11)15(14)16/h3,6,9,11-12,14-16,20H,4-5,7-8H2,(H,19,21). The van der Waals surface area contributed by atoms with Crippen molar-refractivity contribution >= 4 is 5.91 Å². The number of aliphatic hydroxyl groups excluding tert-OH is 1. The number of carbonyl (C=O) groups excluding carboxylic acids is 1. The van der Waals surface area contributed by atoms with Crippen LogP contribution in [0.2, 0.25) is 0 Å². The smallest absolute Gasteiger partial charge is 0.270 e. The number of amides is 1. The summed E-state index contributed by atoms with van der Waals surface area (Å²) in [4.78, 5) is 16.4. The Balaban J connectivity index is 1.40. The lowest BCUT2D eigenvalue weighted by Crippen LogP contribution is -2.30. The third kappa shape index (κ3) is 2.13. The molecule has 4 nitrogen and oxygen atoms in total. The molecule has 1 heterocycles. The van der Waals surface area contributed by atoms with Crippen LogP contribution in [0.15, 0.2) is 18.3 Å². The van der Waals surface area contributed by atoms with E-state index in [-0.39, 0.29) is 12.5 Å². The monoisotopic (exact) mass is 282 g/mol. The number of fused-ring (bicyclic) bond motifs is 5. The molecular weight excluding hydrogens is 264 g/mol. The van der Waals surface area contributed by atoms with Crippen LogP contribution in [-0.2, 0) is 0 Å². The third-order valence-corrected chi connectivity index (χ3v) is 5.34. The van der Waals surface area contributed by atoms with E-state index in [1.165, 1.54) is 19.3 Å². The van der Waals surface area contributed by atoms with Gasteiger partial charge in [0.05, 0.1) is 0 Å². The molecule has 0 spiro atoms. The van der Waals surface area contributed by atoms with Crippen LogP contribution in [0.4, 0.5) is 0 Å². The van der Waals surface area contributed by atoms with Gasteiger partial charge in [-0.3, -0.25) is 4.79 Å². The lowest BCUT2D eigenvalue weighted by Gasteiger charge is -2.10. The average molecular weight is 282 g/mol. The van der Waals surface area contributed by atoms with E-state index in [2.05, 4.69) is 22.1 Å². The molecule has 3 fully saturated rings. The summed E-state index contributed by atoms with van der Waals surface area (Å²) in [5.74, 6) is 8.45. The maximum absolute atomic E-state index is 12.2. The predicted octanol–water partition coefficient (Wildman–Crippen LogP) is 1.20. The average Bonchev–Trinajstić information content (AvgIpc) is 2.90. The Hall–Kier alpha value is -1.86. The number of pyridine rings is 1. The summed E-state index contributed by atoms with van der Waals surface area (Å²) in [6.45, 7) is -0.172. The zero-order chi connectivity index (χ0) is 14.4. The Bertz CT molecular complexity index is 612. The van der Waals surface area contributed by atoms with E-state index in [1.807, 2.05) is 0 Å². The van der Waals surface area contributed by atoms with Gasteiger partial charge in [0.1, 0.15) is 12.3 Å². The molecule has 3 aliphatic carbocycles. The molecular formula is C17H18N2O2. The van der Waals surface area contributed by atoms with Crippen LogP contribution in [0.3, 0.4) is 0 Å². The van der Waals surface area contributed by atoms with Gasteiger partial charge < -0.3 is 10.4 Å². The third-order valence-electron chi connectivity index (χ3n) is 5.34. The molecule has 4 heteroatoms. The molecule has 0 aliphatic heterocycles. The molecule has 0 radical (unpaired) electrons. The summed E-state index contributed by atoms with van der Waals surface area (Å²) in [5, 5.41) is 11.8. The van der Waals surface area contributed by atoms with Gasteiger partial charge in [0.2, 0.25) is 0 Å². The largest absolute Gasteiger partial charge is 0.384 e. The molecule has 2 N–H and O–H groups in total. The number of carbonyl (C=O) groups is 1. The van der Waals surface area contributed by atoms with Gasteiger partial charge in [-0.1, -0.05) is 11.8 Å². The minimum atomic E-state index is -0.172. The first kappa shape index (κ1) is 12.8. The van der Waals surface area contributed by atoms with Crippen LogP contribution in [0, 0.1) is 35.5 Å². The van der Waals surface area contributed by atoms with Crippen molar-refractivity contribution in [1.82, 2.24) is 10.3 Å². The summed E-state index contributed by atoms with van der Waals surface area (Å²) in [5.41, 5.74) is 1.16. The quantitative estimate of drug-likeness (QED) is 0.801. The van der Waals surface area contributed by atoms with Crippen LogP contribution in [0.5, 0.6) is 0 Å². The second-order valence-electron chi connectivity index (χ2n) is 6.38. The minimum absolute atomic E-state index is 0.0736. The second-order valence-corrected chi connectivity index (χ2v) is 6.38. The van der Waals surface area contributed by atoms with E-state index in [0.29, 0.717) is 17.3 Å². The van der Waals surface area contributed by atoms with Crippen molar-refractivity contribution in [1.29, 1.82) is 0 Å². The molecule has 3 aliphatic rings. The number of aliphatic hydroxyl groups is 1. The normalized spacial score (nSPS) is 34.8. The van der Waals surface area contributed by atoms with Crippen molar-refractivity contribution in [2.75, 3.05) is 6.61 Å². The fourth-order valence-corrected chi connectivity index (χ4v) is 4.49. The molecule has 4 atom stereocenters. The molecule has 108 valence electrons. The summed E-state index contributed by atoms with van der Waals surface area (Å²) in [7, 11) is 0. The Morgan fingerprint density at radius 3 is 2.71 bits per heavy atom. The van der Waals surface area contributed by atoms with Gasteiger partial charge in [-0.25, -0.2) is 4.98 Å². The van der Waals surface area contributed by atoms with Gasteiger partial charge in [-0.05, 0) is 55.1 Å². The fourth-order valence-electron chi connectivity index (χ4n) is 4.49. The van der Waals surface area contributed by atoms with E-state index < -0.39 is 0 Å². The molecule has 2 bridgehead atoms. The minimum Gasteiger partial charge on any atom is -0.384 e. The number of aromatic nitrogens is 1. The summed E-state index contributed by atoms with van der Waals surface area (Å²) >= 11 is 0. The number of hydrogen-bond donors (Lipinski definition) is 2. The number of nitrogens with zero attached hydrogens (tertiary/aromatic N) is 1. The van der Waals surface area contributed by atoms with Crippen LogP contribution < -0.4 is 5.32 Å². The highest BCUT2D eigenvalue weighted by Crippen LogP contribution is 2.65. The summed E-state index contributed by atoms with van der Waals surface area (Å²) < 4.78 is 0. The highest BCUT2D eigenvalue weighted by atomic mass is 16.2. The lowest BCUT2D eigenvalue weighted by molar-refractivity contribution is 0.0939. The number of rotatable bonds is 2. The number of nitrogens with one attached hydrogen (secondary N) is 1. The molecule has 0 aromatic carbocycles. The van der Waals surface area contributed by atoms with Crippen molar-refractivity contribution in [3.63, 3.8) is 0 Å². The predicted molar refractivity (Wildman–Crippen MR) is 77.3 cm³/mol. The topological polar surface area (TPSA) is 62.2 Å². The lowest BCUT2D eigenvalue weighted by atomic mass is 10.0. The van der Waals surface area contributed by atoms with E-state index in [1.54, 1.807) is 18.3 Å². The molecule has 1 aromatic rings. The maximum Gasteiger partial charge on any atom is 0.270 e. The SMILES string of the molecule is O=C(NC1C2C3CCC(C3)C12)c1ccc(C#CCO)cn1. The highest BCUT2D eigenvalue weighted by Gasteiger charge is 2.65. The van der Waals surface area contributed by atoms with E-state index >= 15 is 0 Å². The van der Waals surface area contributed by atoms with Gasteiger partial charge in [0.25, 0.3) is 5.91 Å².